The zero-order valence-electron chi connectivity index (χ0n) is 4.03. The van der Waals surface area contributed by atoms with E-state index in [-0.39, 0.29) is 29.6 Å². The maximum atomic E-state index is 11.1. The molecule has 0 saturated heterocycles. The molecule has 4 nitrogen and oxygen atoms in total. The van der Waals surface area contributed by atoms with Gasteiger partial charge in [-0.3, -0.25) is 4.55 Å². The van der Waals surface area contributed by atoms with Crippen molar-refractivity contribution in [2.45, 2.75) is 11.9 Å². The molecule has 0 fully saturated rings. The molecular weight excluding hydrogens is 181 g/mol. The van der Waals surface area contributed by atoms with Crippen LogP contribution in [0, 0.1) is 0 Å². The Kier molecular flexibility index (Phi) is 6.10. The van der Waals surface area contributed by atoms with Gasteiger partial charge in [0.15, 0.2) is 0 Å². The van der Waals surface area contributed by atoms with Crippen LogP contribution < -0.4 is 0 Å². The van der Waals surface area contributed by atoms with Gasteiger partial charge in [-0.25, -0.2) is 8.78 Å². The Bertz CT molecular complexity index is 178. The molecule has 58 valence electrons. The van der Waals surface area contributed by atoms with E-state index in [0.29, 0.717) is 0 Å². The Hall–Kier alpha value is 0.730. The number of hydrogen-bond acceptors (Lipinski definition) is 3. The number of aliphatic hydroxyl groups is 1. The molecule has 0 saturated carbocycles. The molecule has 0 aromatic carbocycles. The molecule has 0 aliphatic heterocycles. The Labute approximate surface area is 78.3 Å². The van der Waals surface area contributed by atoms with Crippen LogP contribution in [0.15, 0.2) is 0 Å². The van der Waals surface area contributed by atoms with Crippen LogP contribution in [-0.4, -0.2) is 59.5 Å². The van der Waals surface area contributed by atoms with Gasteiger partial charge in [0.05, 0.1) is 0 Å². The summed E-state index contributed by atoms with van der Waals surface area (Å²) in [6, 6.07) is 0. The zero-order valence-corrected chi connectivity index (χ0v) is 4.85. The second kappa shape index (κ2) is 4.58. The third-order valence-electron chi connectivity index (χ3n) is 0.521. The van der Waals surface area contributed by atoms with Crippen molar-refractivity contribution in [2.24, 2.45) is 0 Å². The first-order chi connectivity index (χ1) is 3.85. The van der Waals surface area contributed by atoms with E-state index in [1.54, 1.807) is 0 Å². The van der Waals surface area contributed by atoms with Gasteiger partial charge in [0.25, 0.3) is 16.5 Å². The molecule has 0 spiro atoms. The Morgan fingerprint density at radius 3 is 1.60 bits per heavy atom. The van der Waals surface area contributed by atoms with Crippen molar-refractivity contribution in [2.75, 3.05) is 0 Å². The van der Waals surface area contributed by atoms with Gasteiger partial charge in [0.1, 0.15) is 0 Å². The van der Waals surface area contributed by atoms with Crippen LogP contribution in [0.2, 0.25) is 0 Å². The van der Waals surface area contributed by atoms with Crippen LogP contribution in [-0.2, 0) is 10.1 Å². The topological polar surface area (TPSA) is 74.6 Å². The van der Waals surface area contributed by atoms with Crippen molar-refractivity contribution in [1.29, 1.82) is 0 Å². The molecule has 0 radical (unpaired) electrons. The monoisotopic (exact) mass is 186 g/mol. The first-order valence-electron chi connectivity index (χ1n) is 1.78. The molecular formula is C2H5F2NaO4S. The molecule has 2 N–H and O–H groups in total. The van der Waals surface area contributed by atoms with Crippen LogP contribution in [0.4, 0.5) is 8.78 Å². The van der Waals surface area contributed by atoms with Crippen molar-refractivity contribution in [3.63, 3.8) is 0 Å². The predicted molar refractivity (Wildman–Crippen MR) is 30.7 cm³/mol. The molecule has 0 aromatic heterocycles. The van der Waals surface area contributed by atoms with Gasteiger partial charge in [-0.15, -0.1) is 0 Å². The number of aliphatic hydroxyl groups excluding tert-OH is 1. The van der Waals surface area contributed by atoms with Gasteiger partial charge < -0.3 is 5.11 Å². The minimum atomic E-state index is -5.00. The second-order valence-electron chi connectivity index (χ2n) is 1.24. The summed E-state index contributed by atoms with van der Waals surface area (Å²) in [5.41, 5.74) is -2.99. The van der Waals surface area contributed by atoms with Crippen LogP contribution in [0.1, 0.15) is 0 Å². The third kappa shape index (κ3) is 4.53. The molecule has 8 heteroatoms. The van der Waals surface area contributed by atoms with E-state index < -0.39 is 22.0 Å². The van der Waals surface area contributed by atoms with Gasteiger partial charge in [0, 0.05) is 0 Å². The molecule has 0 bridgehead atoms. The number of halogens is 2. The summed E-state index contributed by atoms with van der Waals surface area (Å²) >= 11 is 0. The maximum absolute atomic E-state index is 11.1. The Balaban J connectivity index is 0. The zero-order chi connectivity index (χ0) is 7.65. The predicted octanol–water partition coefficient (Wildman–Crippen LogP) is -1.19. The fraction of sp³-hybridized carbons (Fsp3) is 1.00. The van der Waals surface area contributed by atoms with Crippen LogP contribution >= 0.6 is 0 Å². The van der Waals surface area contributed by atoms with Gasteiger partial charge >= 0.3 is 29.6 Å². The van der Waals surface area contributed by atoms with E-state index in [2.05, 4.69) is 0 Å². The molecule has 0 aliphatic carbocycles. The number of alkyl halides is 2. The van der Waals surface area contributed by atoms with Crippen molar-refractivity contribution in [3.05, 3.63) is 0 Å². The van der Waals surface area contributed by atoms with Crippen molar-refractivity contribution >= 4 is 39.7 Å². The Morgan fingerprint density at radius 2 is 1.60 bits per heavy atom. The summed E-state index contributed by atoms with van der Waals surface area (Å²) in [5, 5.41) is 7.88. The summed E-state index contributed by atoms with van der Waals surface area (Å²) < 4.78 is 49.2. The van der Waals surface area contributed by atoms with Crippen molar-refractivity contribution < 1.29 is 26.9 Å². The minimum absolute atomic E-state index is 0. The van der Waals surface area contributed by atoms with E-state index in [9.17, 15) is 17.2 Å². The fourth-order valence-electron chi connectivity index (χ4n) is 0.130. The quantitative estimate of drug-likeness (QED) is 0.420. The number of hydrogen-bond donors (Lipinski definition) is 2. The summed E-state index contributed by atoms with van der Waals surface area (Å²) in [5.74, 6) is 0. The SMILES string of the molecule is O=S(=O)(O)C(O)C(F)F.[NaH]. The van der Waals surface area contributed by atoms with Crippen LogP contribution in [0.25, 0.3) is 0 Å². The normalized spacial score (nSPS) is 14.5. The molecule has 1 unspecified atom stereocenters. The standard InChI is InChI=1S/C2H4F2O4S.Na.H/c3-1(4)2(5)9(6,7)8;;/h1-2,5H,(H,6,7,8);;. The fourth-order valence-corrected chi connectivity index (χ4v) is 0.390. The summed E-state index contributed by atoms with van der Waals surface area (Å²) in [6.45, 7) is 0. The van der Waals surface area contributed by atoms with E-state index in [4.69, 9.17) is 9.66 Å². The average molecular weight is 186 g/mol. The summed E-state index contributed by atoms with van der Waals surface area (Å²) in [7, 11) is -5.00. The van der Waals surface area contributed by atoms with Crippen molar-refractivity contribution in [3.8, 4) is 0 Å². The summed E-state index contributed by atoms with van der Waals surface area (Å²) in [6.07, 6.45) is -3.47. The van der Waals surface area contributed by atoms with E-state index in [0.717, 1.165) is 0 Å². The second-order valence-corrected chi connectivity index (χ2v) is 2.75. The van der Waals surface area contributed by atoms with Gasteiger partial charge in [-0.1, -0.05) is 0 Å². The third-order valence-corrected chi connectivity index (χ3v) is 1.34. The average Bonchev–Trinajstić information content (AvgIpc) is 1.62. The molecule has 0 aromatic rings. The number of rotatable bonds is 2. The summed E-state index contributed by atoms with van der Waals surface area (Å²) in [4.78, 5) is 0. The van der Waals surface area contributed by atoms with Crippen LogP contribution in [0.3, 0.4) is 0 Å². The molecule has 0 aliphatic rings. The molecule has 10 heavy (non-hydrogen) atoms. The molecule has 0 amide bonds. The first-order valence-corrected chi connectivity index (χ1v) is 3.28. The first kappa shape index (κ1) is 13.3. The van der Waals surface area contributed by atoms with Crippen LogP contribution in [0.5, 0.6) is 0 Å². The van der Waals surface area contributed by atoms with Gasteiger partial charge in [-0.2, -0.15) is 8.42 Å². The van der Waals surface area contributed by atoms with Crippen molar-refractivity contribution in [1.82, 2.24) is 0 Å². The van der Waals surface area contributed by atoms with E-state index >= 15 is 0 Å². The van der Waals surface area contributed by atoms with E-state index in [1.165, 1.54) is 0 Å². The molecule has 0 heterocycles. The molecule has 0 rings (SSSR count). The Morgan fingerprint density at radius 1 is 1.30 bits per heavy atom. The van der Waals surface area contributed by atoms with Gasteiger partial charge in [-0.05, 0) is 0 Å². The molecule has 1 atom stereocenters. The van der Waals surface area contributed by atoms with E-state index in [1.807, 2.05) is 0 Å². The van der Waals surface area contributed by atoms with Gasteiger partial charge in [0.2, 0.25) is 5.44 Å².